The number of nitro groups is 1. The number of nitrogens with zero attached hydrogens (tertiary/aromatic N) is 3. The summed E-state index contributed by atoms with van der Waals surface area (Å²) in [4.78, 5) is 58.0. The van der Waals surface area contributed by atoms with Crippen LogP contribution in [0, 0.1) is 10.1 Å². The van der Waals surface area contributed by atoms with Gasteiger partial charge in [0.25, 0.3) is 11.6 Å². The standard InChI is InChI=1S/C23H30N4O6.C2H2O4/c1-5-25(6-2)13-14-26(23(29)17-7-10-19(11-8-17)27(30)31)16-22(28)24-18-9-12-20(32-3)21(15-18)33-4;3-1(4)2(5)6/h7-12,15H,5-6,13-14,16H2,1-4H3,(H,24,28);(H,3,4)(H,5,6). The van der Waals surface area contributed by atoms with E-state index in [-0.39, 0.29) is 29.6 Å². The highest BCUT2D eigenvalue weighted by Crippen LogP contribution is 2.29. The smallest absolute Gasteiger partial charge is 0.414 e. The van der Waals surface area contributed by atoms with E-state index in [1.54, 1.807) is 18.2 Å². The van der Waals surface area contributed by atoms with E-state index in [1.807, 2.05) is 13.8 Å². The van der Waals surface area contributed by atoms with Crippen molar-refractivity contribution in [2.45, 2.75) is 13.8 Å². The average Bonchev–Trinajstić information content (AvgIpc) is 2.92. The SMILES string of the molecule is CCN(CC)CCN(CC(=O)Nc1ccc(OC)c(OC)c1)C(=O)c1ccc([N+](=O)[O-])cc1.O=C(O)C(=O)O. The van der Waals surface area contributed by atoms with Crippen LogP contribution in [0.3, 0.4) is 0 Å². The minimum atomic E-state index is -1.82. The number of hydrogen-bond donors (Lipinski definition) is 3. The first-order valence-corrected chi connectivity index (χ1v) is 11.7. The third-order valence-electron chi connectivity index (χ3n) is 5.38. The first kappa shape index (κ1) is 32.3. The number of aliphatic carboxylic acids is 2. The first-order chi connectivity index (χ1) is 18.5. The molecule has 2 rings (SSSR count). The number of carboxylic acid groups (broad SMARTS) is 2. The quantitative estimate of drug-likeness (QED) is 0.200. The number of carboxylic acids is 2. The molecule has 2 amide bonds. The molecule has 14 heteroatoms. The van der Waals surface area contributed by atoms with E-state index in [0.717, 1.165) is 13.1 Å². The molecule has 2 aromatic rings. The van der Waals surface area contributed by atoms with Gasteiger partial charge in [-0.1, -0.05) is 13.8 Å². The van der Waals surface area contributed by atoms with Gasteiger partial charge in [0.2, 0.25) is 5.91 Å². The molecule has 0 saturated heterocycles. The van der Waals surface area contributed by atoms with Crippen molar-refractivity contribution >= 4 is 35.1 Å². The highest BCUT2D eigenvalue weighted by atomic mass is 16.6. The van der Waals surface area contributed by atoms with E-state index in [0.29, 0.717) is 30.3 Å². The van der Waals surface area contributed by atoms with Crippen LogP contribution in [0.25, 0.3) is 0 Å². The second-order valence-corrected chi connectivity index (χ2v) is 7.79. The Balaban J connectivity index is 0.00000113. The lowest BCUT2D eigenvalue weighted by Gasteiger charge is -2.26. The minimum Gasteiger partial charge on any atom is -0.493 e. The molecule has 14 nitrogen and oxygen atoms in total. The van der Waals surface area contributed by atoms with Gasteiger partial charge in [0.1, 0.15) is 6.54 Å². The summed E-state index contributed by atoms with van der Waals surface area (Å²) < 4.78 is 10.5. The summed E-state index contributed by atoms with van der Waals surface area (Å²) >= 11 is 0. The van der Waals surface area contributed by atoms with Crippen LogP contribution >= 0.6 is 0 Å². The molecular weight excluding hydrogens is 516 g/mol. The number of nitro benzene ring substituents is 1. The molecule has 0 aromatic heterocycles. The van der Waals surface area contributed by atoms with Gasteiger partial charge < -0.3 is 34.8 Å². The van der Waals surface area contributed by atoms with Crippen LogP contribution in [0.5, 0.6) is 11.5 Å². The van der Waals surface area contributed by atoms with Crippen molar-refractivity contribution in [3.63, 3.8) is 0 Å². The Morgan fingerprint density at radius 1 is 0.897 bits per heavy atom. The number of ether oxygens (including phenoxy) is 2. The molecule has 0 atom stereocenters. The molecule has 0 unspecified atom stereocenters. The fourth-order valence-corrected chi connectivity index (χ4v) is 3.25. The summed E-state index contributed by atoms with van der Waals surface area (Å²) in [6.45, 7) is 6.42. The zero-order chi connectivity index (χ0) is 29.5. The number of non-ortho nitro benzene ring substituents is 1. The summed E-state index contributed by atoms with van der Waals surface area (Å²) in [5.74, 6) is -3.40. The maximum Gasteiger partial charge on any atom is 0.414 e. The molecule has 0 aliphatic carbocycles. The third kappa shape index (κ3) is 10.7. The number of benzene rings is 2. The van der Waals surface area contributed by atoms with Crippen molar-refractivity contribution in [2.75, 3.05) is 52.3 Å². The van der Waals surface area contributed by atoms with E-state index in [9.17, 15) is 19.7 Å². The molecule has 0 aliphatic heterocycles. The Labute approximate surface area is 224 Å². The summed E-state index contributed by atoms with van der Waals surface area (Å²) in [7, 11) is 3.02. The van der Waals surface area contributed by atoms with Crippen LogP contribution in [-0.4, -0.2) is 95.6 Å². The van der Waals surface area contributed by atoms with Gasteiger partial charge in [-0.25, -0.2) is 9.59 Å². The summed E-state index contributed by atoms with van der Waals surface area (Å²) in [5.41, 5.74) is 0.677. The van der Waals surface area contributed by atoms with Gasteiger partial charge in [-0.05, 0) is 37.4 Å². The van der Waals surface area contributed by atoms with Crippen molar-refractivity contribution < 1.29 is 43.8 Å². The van der Waals surface area contributed by atoms with Crippen LogP contribution < -0.4 is 14.8 Å². The number of anilines is 1. The predicted octanol–water partition coefficient (Wildman–Crippen LogP) is 2.19. The predicted molar refractivity (Wildman–Crippen MR) is 140 cm³/mol. The fourth-order valence-electron chi connectivity index (χ4n) is 3.25. The first-order valence-electron chi connectivity index (χ1n) is 11.7. The van der Waals surface area contributed by atoms with Gasteiger partial charge in [0.15, 0.2) is 11.5 Å². The van der Waals surface area contributed by atoms with E-state index in [1.165, 1.54) is 43.4 Å². The van der Waals surface area contributed by atoms with Crippen molar-refractivity contribution in [1.29, 1.82) is 0 Å². The number of amides is 2. The van der Waals surface area contributed by atoms with Crippen LogP contribution in [0.1, 0.15) is 24.2 Å². The Kier molecular flexibility index (Phi) is 13.4. The molecule has 0 heterocycles. The highest BCUT2D eigenvalue weighted by Gasteiger charge is 2.21. The Morgan fingerprint density at radius 2 is 1.46 bits per heavy atom. The summed E-state index contributed by atoms with van der Waals surface area (Å²) in [6.07, 6.45) is 0. The number of nitrogens with one attached hydrogen (secondary N) is 1. The molecule has 0 aliphatic rings. The maximum absolute atomic E-state index is 13.1. The number of carbonyl (C=O) groups excluding carboxylic acids is 2. The fraction of sp³-hybridized carbons (Fsp3) is 0.360. The lowest BCUT2D eigenvalue weighted by molar-refractivity contribution is -0.384. The summed E-state index contributed by atoms with van der Waals surface area (Å²) in [6, 6.07) is 10.3. The summed E-state index contributed by atoms with van der Waals surface area (Å²) in [5, 5.41) is 28.5. The number of rotatable bonds is 12. The average molecular weight is 549 g/mol. The number of methoxy groups -OCH3 is 2. The zero-order valence-corrected chi connectivity index (χ0v) is 22.1. The van der Waals surface area contributed by atoms with Crippen LogP contribution in [-0.2, 0) is 14.4 Å². The largest absolute Gasteiger partial charge is 0.493 e. The molecule has 0 spiro atoms. The van der Waals surface area contributed by atoms with Gasteiger partial charge in [-0.15, -0.1) is 0 Å². The van der Waals surface area contributed by atoms with Crippen molar-refractivity contribution in [3.05, 3.63) is 58.1 Å². The second kappa shape index (κ2) is 16.2. The lowest BCUT2D eigenvalue weighted by atomic mass is 10.1. The van der Waals surface area contributed by atoms with Gasteiger partial charge in [0.05, 0.1) is 19.1 Å². The number of hydrogen-bond acceptors (Lipinski definition) is 9. The van der Waals surface area contributed by atoms with Gasteiger partial charge in [-0.3, -0.25) is 19.7 Å². The van der Waals surface area contributed by atoms with E-state index in [4.69, 9.17) is 29.3 Å². The highest BCUT2D eigenvalue weighted by molar-refractivity contribution is 6.27. The molecule has 0 fully saturated rings. The molecule has 3 N–H and O–H groups in total. The number of likely N-dealkylation sites (N-methyl/N-ethyl adjacent to an activating group) is 1. The molecule has 0 radical (unpaired) electrons. The van der Waals surface area contributed by atoms with Gasteiger partial charge in [-0.2, -0.15) is 0 Å². The Hall–Kier alpha value is -4.72. The van der Waals surface area contributed by atoms with Crippen LogP contribution in [0.4, 0.5) is 11.4 Å². The zero-order valence-electron chi connectivity index (χ0n) is 22.1. The van der Waals surface area contributed by atoms with Gasteiger partial charge >= 0.3 is 11.9 Å². The van der Waals surface area contributed by atoms with Crippen molar-refractivity contribution in [3.8, 4) is 11.5 Å². The molecule has 39 heavy (non-hydrogen) atoms. The molecule has 2 aromatic carbocycles. The molecule has 0 saturated carbocycles. The third-order valence-corrected chi connectivity index (χ3v) is 5.38. The Morgan fingerprint density at radius 3 is 1.92 bits per heavy atom. The lowest BCUT2D eigenvalue weighted by Crippen LogP contribution is -2.42. The number of carbonyl (C=O) groups is 4. The topological polar surface area (TPSA) is 189 Å². The van der Waals surface area contributed by atoms with E-state index >= 15 is 0 Å². The Bertz CT molecular complexity index is 1140. The van der Waals surface area contributed by atoms with Crippen LogP contribution in [0.15, 0.2) is 42.5 Å². The molecule has 0 bridgehead atoms. The van der Waals surface area contributed by atoms with Crippen LogP contribution in [0.2, 0.25) is 0 Å². The van der Waals surface area contributed by atoms with Crippen molar-refractivity contribution in [1.82, 2.24) is 9.80 Å². The molecular formula is C25H32N4O10. The van der Waals surface area contributed by atoms with E-state index < -0.39 is 16.9 Å². The van der Waals surface area contributed by atoms with Gasteiger partial charge in [0, 0.05) is 42.5 Å². The second-order valence-electron chi connectivity index (χ2n) is 7.79. The molecule has 212 valence electrons. The normalized spacial score (nSPS) is 10.1. The maximum atomic E-state index is 13.1. The van der Waals surface area contributed by atoms with E-state index in [2.05, 4.69) is 10.2 Å². The van der Waals surface area contributed by atoms with Crippen molar-refractivity contribution in [2.24, 2.45) is 0 Å². The monoisotopic (exact) mass is 548 g/mol. The minimum absolute atomic E-state index is 0.104.